The minimum absolute atomic E-state index is 0.646. The van der Waals surface area contributed by atoms with Gasteiger partial charge in [-0.1, -0.05) is 49.4 Å². The van der Waals surface area contributed by atoms with Gasteiger partial charge in [-0.05, 0) is 58.5 Å². The number of hydrogen-bond donors (Lipinski definition) is 3. The molecule has 0 aliphatic rings. The van der Waals surface area contributed by atoms with Gasteiger partial charge in [0.25, 0.3) is 0 Å². The first-order chi connectivity index (χ1) is 20.2. The second-order valence-electron chi connectivity index (χ2n) is 10.1. The molecule has 41 heavy (non-hydrogen) atoms. The highest BCUT2D eigenvalue weighted by Gasteiger charge is 2.16. The fourth-order valence-corrected chi connectivity index (χ4v) is 5.21. The molecule has 2 aromatic carbocycles. The van der Waals surface area contributed by atoms with Gasteiger partial charge in [-0.25, -0.2) is 9.97 Å². The fraction of sp³-hybridized carbons (Fsp3) is 0.121. The molecule has 8 nitrogen and oxygen atoms in total. The first-order valence-electron chi connectivity index (χ1n) is 13.7. The van der Waals surface area contributed by atoms with Crippen molar-refractivity contribution in [2.75, 3.05) is 0 Å². The monoisotopic (exact) mass is 536 g/mol. The SMILES string of the molecule is CCc1cc(CNCc2ccccc2)cc(-c2cnc3n[nH]c(-c4nc5c(-c6ccncc6)cncc5[nH]4)c3c2)c1. The maximum Gasteiger partial charge on any atom is 0.181 e. The Bertz CT molecular complexity index is 1960. The van der Waals surface area contributed by atoms with Crippen molar-refractivity contribution in [3.63, 3.8) is 0 Å². The van der Waals surface area contributed by atoms with E-state index in [0.717, 1.165) is 63.9 Å². The van der Waals surface area contributed by atoms with E-state index < -0.39 is 0 Å². The Balaban J connectivity index is 1.23. The number of nitrogens with zero attached hydrogens (tertiary/aromatic N) is 5. The van der Waals surface area contributed by atoms with Crippen LogP contribution in [0.2, 0.25) is 0 Å². The molecule has 0 aliphatic carbocycles. The van der Waals surface area contributed by atoms with Crippen LogP contribution in [0.15, 0.2) is 97.7 Å². The Hall–Kier alpha value is -5.21. The van der Waals surface area contributed by atoms with Crippen LogP contribution in [0.4, 0.5) is 0 Å². The van der Waals surface area contributed by atoms with Gasteiger partial charge in [0.2, 0.25) is 0 Å². The molecular weight excluding hydrogens is 508 g/mol. The van der Waals surface area contributed by atoms with E-state index in [1.165, 1.54) is 16.7 Å². The van der Waals surface area contributed by atoms with E-state index in [9.17, 15) is 0 Å². The summed E-state index contributed by atoms with van der Waals surface area (Å²) in [5, 5.41) is 12.1. The number of H-pyrrole nitrogens is 2. The molecule has 200 valence electrons. The number of hydrogen-bond acceptors (Lipinski definition) is 6. The number of benzene rings is 2. The Kier molecular flexibility index (Phi) is 6.50. The number of aromatic nitrogens is 7. The minimum atomic E-state index is 0.646. The average Bonchev–Trinajstić information content (AvgIpc) is 3.66. The molecule has 0 spiro atoms. The highest BCUT2D eigenvalue weighted by molar-refractivity contribution is 5.96. The van der Waals surface area contributed by atoms with Crippen molar-refractivity contribution >= 4 is 22.1 Å². The number of nitrogens with one attached hydrogen (secondary N) is 3. The van der Waals surface area contributed by atoms with Crippen LogP contribution in [-0.4, -0.2) is 35.1 Å². The van der Waals surface area contributed by atoms with E-state index in [-0.39, 0.29) is 0 Å². The predicted molar refractivity (Wildman–Crippen MR) is 162 cm³/mol. The summed E-state index contributed by atoms with van der Waals surface area (Å²) < 4.78 is 0. The van der Waals surface area contributed by atoms with E-state index in [0.29, 0.717) is 11.5 Å². The summed E-state index contributed by atoms with van der Waals surface area (Å²) in [6.45, 7) is 3.80. The van der Waals surface area contributed by atoms with Crippen molar-refractivity contribution in [2.45, 2.75) is 26.4 Å². The normalized spacial score (nSPS) is 11.4. The second-order valence-corrected chi connectivity index (χ2v) is 10.1. The molecule has 7 aromatic rings. The summed E-state index contributed by atoms with van der Waals surface area (Å²) in [7, 11) is 0. The molecule has 0 amide bonds. The summed E-state index contributed by atoms with van der Waals surface area (Å²) in [4.78, 5) is 21.6. The zero-order valence-corrected chi connectivity index (χ0v) is 22.6. The highest BCUT2D eigenvalue weighted by atomic mass is 15.2. The van der Waals surface area contributed by atoms with Crippen LogP contribution in [0.5, 0.6) is 0 Å². The first kappa shape index (κ1) is 24.8. The molecule has 0 aliphatic heterocycles. The number of aromatic amines is 2. The van der Waals surface area contributed by atoms with Crippen LogP contribution in [0.25, 0.3) is 55.8 Å². The van der Waals surface area contributed by atoms with E-state index in [2.05, 4.69) is 85.9 Å². The largest absolute Gasteiger partial charge is 0.335 e. The number of rotatable bonds is 8. The molecule has 0 saturated heterocycles. The van der Waals surface area contributed by atoms with Crippen molar-refractivity contribution in [3.8, 4) is 33.8 Å². The van der Waals surface area contributed by atoms with Crippen LogP contribution < -0.4 is 5.32 Å². The van der Waals surface area contributed by atoms with Gasteiger partial charge in [0, 0.05) is 49.0 Å². The van der Waals surface area contributed by atoms with Crippen molar-refractivity contribution in [2.24, 2.45) is 0 Å². The third kappa shape index (κ3) is 4.97. The Morgan fingerprint density at radius 3 is 2.44 bits per heavy atom. The van der Waals surface area contributed by atoms with Crippen molar-refractivity contribution in [1.29, 1.82) is 0 Å². The summed E-state index contributed by atoms with van der Waals surface area (Å²) in [6, 6.07) is 23.3. The Morgan fingerprint density at radius 1 is 0.756 bits per heavy atom. The Labute approximate surface area is 237 Å². The second kappa shape index (κ2) is 10.7. The molecule has 7 rings (SSSR count). The van der Waals surface area contributed by atoms with E-state index in [4.69, 9.17) is 9.97 Å². The summed E-state index contributed by atoms with van der Waals surface area (Å²) in [6.07, 6.45) is 10.0. The van der Waals surface area contributed by atoms with Gasteiger partial charge in [-0.2, -0.15) is 5.10 Å². The molecule has 5 aromatic heterocycles. The minimum Gasteiger partial charge on any atom is -0.335 e. The highest BCUT2D eigenvalue weighted by Crippen LogP contribution is 2.32. The molecule has 0 unspecified atom stereocenters. The summed E-state index contributed by atoms with van der Waals surface area (Å²) >= 11 is 0. The molecule has 8 heteroatoms. The smallest absolute Gasteiger partial charge is 0.181 e. The molecule has 0 fully saturated rings. The van der Waals surface area contributed by atoms with Crippen molar-refractivity contribution < 1.29 is 0 Å². The quantitative estimate of drug-likeness (QED) is 0.205. The van der Waals surface area contributed by atoms with Crippen molar-refractivity contribution in [1.82, 2.24) is 40.4 Å². The summed E-state index contributed by atoms with van der Waals surface area (Å²) in [5.74, 6) is 0.692. The molecule has 0 saturated carbocycles. The molecule has 0 radical (unpaired) electrons. The van der Waals surface area contributed by atoms with Crippen molar-refractivity contribution in [3.05, 3.63) is 114 Å². The lowest BCUT2D eigenvalue weighted by molar-refractivity contribution is 0.693. The number of aryl methyl sites for hydroxylation is 1. The number of pyridine rings is 3. The molecule has 3 N–H and O–H groups in total. The predicted octanol–water partition coefficient (Wildman–Crippen LogP) is 6.48. The number of imidazole rings is 1. The maximum absolute atomic E-state index is 4.96. The zero-order chi connectivity index (χ0) is 27.6. The van der Waals surface area contributed by atoms with Gasteiger partial charge in [0.15, 0.2) is 11.5 Å². The van der Waals surface area contributed by atoms with Gasteiger partial charge in [-0.15, -0.1) is 0 Å². The zero-order valence-electron chi connectivity index (χ0n) is 22.6. The van der Waals surface area contributed by atoms with Crippen LogP contribution in [0.1, 0.15) is 23.6 Å². The van der Waals surface area contributed by atoms with Crippen LogP contribution in [0, 0.1) is 0 Å². The van der Waals surface area contributed by atoms with Gasteiger partial charge < -0.3 is 10.3 Å². The molecule has 5 heterocycles. The van der Waals surface area contributed by atoms with Crippen LogP contribution in [-0.2, 0) is 19.5 Å². The van der Waals surface area contributed by atoms with E-state index in [1.54, 1.807) is 18.6 Å². The first-order valence-corrected chi connectivity index (χ1v) is 13.7. The average molecular weight is 537 g/mol. The number of fused-ring (bicyclic) bond motifs is 2. The van der Waals surface area contributed by atoms with E-state index >= 15 is 0 Å². The third-order valence-corrected chi connectivity index (χ3v) is 7.33. The lowest BCUT2D eigenvalue weighted by Gasteiger charge is -2.11. The maximum atomic E-state index is 4.96. The molecule has 0 atom stereocenters. The van der Waals surface area contributed by atoms with Crippen LogP contribution in [0.3, 0.4) is 0 Å². The lowest BCUT2D eigenvalue weighted by Crippen LogP contribution is -2.12. The van der Waals surface area contributed by atoms with Gasteiger partial charge >= 0.3 is 0 Å². The fourth-order valence-electron chi connectivity index (χ4n) is 5.21. The Morgan fingerprint density at radius 2 is 1.59 bits per heavy atom. The van der Waals surface area contributed by atoms with Gasteiger partial charge in [0.1, 0.15) is 5.69 Å². The van der Waals surface area contributed by atoms with Gasteiger partial charge in [0.05, 0.1) is 22.6 Å². The molecular formula is C33H28N8. The lowest BCUT2D eigenvalue weighted by atomic mass is 9.99. The third-order valence-electron chi connectivity index (χ3n) is 7.33. The van der Waals surface area contributed by atoms with Crippen LogP contribution >= 0.6 is 0 Å². The van der Waals surface area contributed by atoms with Gasteiger partial charge in [-0.3, -0.25) is 15.1 Å². The topological polar surface area (TPSA) is 108 Å². The standard InChI is InChI=1S/C33H28N8/c1-2-21-12-23(17-35-16-22-6-4-3-5-7-22)14-25(13-21)26-15-27-31(40-41-32(27)37-18-26)33-38-29-20-36-19-28(30(29)39-33)24-8-10-34-11-9-24/h3-15,18-20,35H,2,16-17H2,1H3,(H,38,39)(H,37,40,41). The van der Waals surface area contributed by atoms with E-state index in [1.807, 2.05) is 30.6 Å². The summed E-state index contributed by atoms with van der Waals surface area (Å²) in [5.41, 5.74) is 11.1. The molecule has 0 bridgehead atoms.